The molecule has 1 amide bonds. The first-order chi connectivity index (χ1) is 10.4. The summed E-state index contributed by atoms with van der Waals surface area (Å²) in [4.78, 5) is 23.4. The van der Waals surface area contributed by atoms with Gasteiger partial charge in [-0.3, -0.25) is 0 Å². The van der Waals surface area contributed by atoms with Gasteiger partial charge in [-0.1, -0.05) is 26.0 Å². The van der Waals surface area contributed by atoms with Gasteiger partial charge in [-0.05, 0) is 50.3 Å². The van der Waals surface area contributed by atoms with Gasteiger partial charge >= 0.3 is 12.1 Å². The minimum atomic E-state index is -1.15. The first kappa shape index (κ1) is 18.9. The number of alkyl carbamates (subject to hydrolysis) is 1. The molecule has 0 aromatic heterocycles. The predicted molar refractivity (Wildman–Crippen MR) is 84.7 cm³/mol. The van der Waals surface area contributed by atoms with Gasteiger partial charge in [-0.15, -0.1) is 0 Å². The van der Waals surface area contributed by atoms with Gasteiger partial charge < -0.3 is 15.2 Å². The van der Waals surface area contributed by atoms with E-state index in [0.29, 0.717) is 6.42 Å². The number of benzene rings is 1. The van der Waals surface area contributed by atoms with Gasteiger partial charge in [0.1, 0.15) is 17.5 Å². The Morgan fingerprint density at radius 3 is 2.13 bits per heavy atom. The number of halogens is 1. The zero-order valence-electron chi connectivity index (χ0n) is 14.1. The standard InChI is InChI=1S/C17H24FNO4/c1-16(2,3)23-15(22)19-13(14(20)21)17(4,5)10-11-6-8-12(18)9-7-11/h6-9,13H,10H2,1-5H3,(H,19,22)(H,20,21). The van der Waals surface area contributed by atoms with E-state index >= 15 is 0 Å². The highest BCUT2D eigenvalue weighted by atomic mass is 19.1. The molecule has 1 atom stereocenters. The Labute approximate surface area is 135 Å². The van der Waals surface area contributed by atoms with Crippen LogP contribution < -0.4 is 5.32 Å². The van der Waals surface area contributed by atoms with Crippen LogP contribution in [0.5, 0.6) is 0 Å². The van der Waals surface area contributed by atoms with Gasteiger partial charge in [0.05, 0.1) is 0 Å². The average molecular weight is 325 g/mol. The van der Waals surface area contributed by atoms with Crippen LogP contribution in [-0.4, -0.2) is 28.8 Å². The maximum atomic E-state index is 13.0. The topological polar surface area (TPSA) is 75.6 Å². The third-order valence-corrected chi connectivity index (χ3v) is 3.26. The quantitative estimate of drug-likeness (QED) is 0.870. The summed E-state index contributed by atoms with van der Waals surface area (Å²) in [6.07, 6.45) is -0.419. The van der Waals surface area contributed by atoms with Gasteiger partial charge in [-0.2, -0.15) is 0 Å². The maximum Gasteiger partial charge on any atom is 0.408 e. The molecule has 0 aliphatic rings. The van der Waals surface area contributed by atoms with Crippen LogP contribution in [0.2, 0.25) is 0 Å². The number of carboxylic acids is 1. The summed E-state index contributed by atoms with van der Waals surface area (Å²) in [6, 6.07) is 4.71. The van der Waals surface area contributed by atoms with Crippen LogP contribution in [-0.2, 0) is 16.0 Å². The Balaban J connectivity index is 2.87. The molecule has 0 fully saturated rings. The number of carboxylic acid groups (broad SMARTS) is 1. The second-order valence-corrected chi connectivity index (χ2v) is 7.21. The monoisotopic (exact) mass is 325 g/mol. The number of carbonyl (C=O) groups is 2. The summed E-state index contributed by atoms with van der Waals surface area (Å²) >= 11 is 0. The third-order valence-electron chi connectivity index (χ3n) is 3.26. The highest BCUT2D eigenvalue weighted by Gasteiger charge is 2.37. The zero-order valence-corrected chi connectivity index (χ0v) is 14.1. The minimum absolute atomic E-state index is 0.353. The van der Waals surface area contributed by atoms with Gasteiger partial charge in [0.2, 0.25) is 0 Å². The molecule has 1 aromatic carbocycles. The Morgan fingerprint density at radius 1 is 1.17 bits per heavy atom. The third kappa shape index (κ3) is 6.26. The molecule has 0 aliphatic carbocycles. The van der Waals surface area contributed by atoms with E-state index in [1.165, 1.54) is 12.1 Å². The van der Waals surface area contributed by atoms with Crippen LogP contribution in [0.15, 0.2) is 24.3 Å². The molecule has 6 heteroatoms. The van der Waals surface area contributed by atoms with E-state index in [1.54, 1.807) is 46.8 Å². The van der Waals surface area contributed by atoms with Gasteiger partial charge in [0, 0.05) is 0 Å². The molecule has 0 radical (unpaired) electrons. The molecule has 0 aliphatic heterocycles. The fourth-order valence-corrected chi connectivity index (χ4v) is 2.25. The van der Waals surface area contributed by atoms with E-state index in [-0.39, 0.29) is 5.82 Å². The molecule has 0 saturated carbocycles. The van der Waals surface area contributed by atoms with E-state index in [4.69, 9.17) is 4.74 Å². The minimum Gasteiger partial charge on any atom is -0.480 e. The summed E-state index contributed by atoms with van der Waals surface area (Å²) in [5.41, 5.74) is -0.719. The van der Waals surface area contributed by atoms with Crippen LogP contribution >= 0.6 is 0 Å². The van der Waals surface area contributed by atoms with Crippen molar-refractivity contribution >= 4 is 12.1 Å². The second kappa shape index (κ2) is 6.98. The lowest BCUT2D eigenvalue weighted by molar-refractivity contribution is -0.142. The van der Waals surface area contributed by atoms with Crippen LogP contribution in [0.1, 0.15) is 40.2 Å². The van der Waals surface area contributed by atoms with Crippen molar-refractivity contribution in [2.24, 2.45) is 5.41 Å². The van der Waals surface area contributed by atoms with E-state index < -0.39 is 29.1 Å². The van der Waals surface area contributed by atoms with Gasteiger partial charge in [0.25, 0.3) is 0 Å². The van der Waals surface area contributed by atoms with Crippen LogP contribution in [0, 0.1) is 11.2 Å². The van der Waals surface area contributed by atoms with E-state index in [2.05, 4.69) is 5.32 Å². The highest BCUT2D eigenvalue weighted by molar-refractivity contribution is 5.81. The summed E-state index contributed by atoms with van der Waals surface area (Å²) in [6.45, 7) is 8.56. The van der Waals surface area contributed by atoms with Crippen molar-refractivity contribution < 1.29 is 23.8 Å². The van der Waals surface area contributed by atoms with Crippen molar-refractivity contribution in [2.45, 2.75) is 52.7 Å². The summed E-state index contributed by atoms with van der Waals surface area (Å²) in [5, 5.41) is 11.9. The van der Waals surface area contributed by atoms with Crippen LogP contribution in [0.4, 0.5) is 9.18 Å². The lowest BCUT2D eigenvalue weighted by Crippen LogP contribution is -2.52. The maximum absolute atomic E-state index is 13.0. The molecule has 1 aromatic rings. The molecule has 23 heavy (non-hydrogen) atoms. The number of aliphatic carboxylic acids is 1. The Bertz CT molecular complexity index is 561. The first-order valence-corrected chi connectivity index (χ1v) is 7.37. The molecule has 1 rings (SSSR count). The number of carbonyl (C=O) groups excluding carboxylic acids is 1. The van der Waals surface area contributed by atoms with Gasteiger partial charge in [0.15, 0.2) is 0 Å². The Morgan fingerprint density at radius 2 is 1.70 bits per heavy atom. The van der Waals surface area contributed by atoms with Crippen molar-refractivity contribution in [1.82, 2.24) is 5.32 Å². The van der Waals surface area contributed by atoms with E-state index in [1.807, 2.05) is 0 Å². The molecule has 0 heterocycles. The fourth-order valence-electron chi connectivity index (χ4n) is 2.25. The molecule has 2 N–H and O–H groups in total. The molecular weight excluding hydrogens is 301 g/mol. The smallest absolute Gasteiger partial charge is 0.408 e. The molecule has 0 saturated heterocycles. The first-order valence-electron chi connectivity index (χ1n) is 7.37. The van der Waals surface area contributed by atoms with E-state index in [0.717, 1.165) is 5.56 Å². The Hall–Kier alpha value is -2.11. The van der Waals surface area contributed by atoms with Crippen LogP contribution in [0.3, 0.4) is 0 Å². The summed E-state index contributed by atoms with van der Waals surface area (Å²) < 4.78 is 18.1. The van der Waals surface area contributed by atoms with Crippen molar-refractivity contribution in [2.75, 3.05) is 0 Å². The largest absolute Gasteiger partial charge is 0.480 e. The van der Waals surface area contributed by atoms with E-state index in [9.17, 15) is 19.1 Å². The Kier molecular flexibility index (Phi) is 5.75. The predicted octanol–water partition coefficient (Wildman–Crippen LogP) is 3.37. The van der Waals surface area contributed by atoms with Crippen LogP contribution in [0.25, 0.3) is 0 Å². The number of hydrogen-bond donors (Lipinski definition) is 2. The van der Waals surface area contributed by atoms with Crippen molar-refractivity contribution in [1.29, 1.82) is 0 Å². The van der Waals surface area contributed by atoms with Gasteiger partial charge in [-0.25, -0.2) is 14.0 Å². The number of rotatable bonds is 5. The average Bonchev–Trinajstić information content (AvgIpc) is 2.36. The summed E-state index contributed by atoms with van der Waals surface area (Å²) in [5.74, 6) is -1.50. The lowest BCUT2D eigenvalue weighted by atomic mass is 9.78. The zero-order chi connectivity index (χ0) is 17.8. The fraction of sp³-hybridized carbons (Fsp3) is 0.529. The second-order valence-electron chi connectivity index (χ2n) is 7.21. The number of nitrogens with one attached hydrogen (secondary N) is 1. The molecular formula is C17H24FNO4. The number of amides is 1. The molecule has 128 valence electrons. The number of hydrogen-bond acceptors (Lipinski definition) is 3. The van der Waals surface area contributed by atoms with Crippen molar-refractivity contribution in [3.05, 3.63) is 35.6 Å². The number of ether oxygens (including phenoxy) is 1. The SMILES string of the molecule is CC(C)(C)OC(=O)NC(C(=O)O)C(C)(C)Cc1ccc(F)cc1. The summed E-state index contributed by atoms with van der Waals surface area (Å²) in [7, 11) is 0. The van der Waals surface area contributed by atoms with Crippen molar-refractivity contribution in [3.8, 4) is 0 Å². The highest BCUT2D eigenvalue weighted by Crippen LogP contribution is 2.27. The lowest BCUT2D eigenvalue weighted by Gasteiger charge is -2.32. The molecule has 0 bridgehead atoms. The van der Waals surface area contributed by atoms with Crippen molar-refractivity contribution in [3.63, 3.8) is 0 Å². The molecule has 1 unspecified atom stereocenters. The normalized spacial score (nSPS) is 13.3. The molecule has 5 nitrogen and oxygen atoms in total. The molecule has 0 spiro atoms.